The number of nitrogens with zero attached hydrogens (tertiary/aromatic N) is 3. The zero-order chi connectivity index (χ0) is 11.7. The summed E-state index contributed by atoms with van der Waals surface area (Å²) in [6, 6.07) is 0. The van der Waals surface area contributed by atoms with Crippen LogP contribution >= 0.6 is 0 Å². The van der Waals surface area contributed by atoms with Gasteiger partial charge in [0.25, 0.3) is 5.88 Å². The largest absolute Gasteiger partial charge is 0.475 e. The van der Waals surface area contributed by atoms with Gasteiger partial charge in [-0.2, -0.15) is 4.98 Å². The lowest BCUT2D eigenvalue weighted by Crippen LogP contribution is -2.13. The second-order valence-corrected chi connectivity index (χ2v) is 4.17. The van der Waals surface area contributed by atoms with Crippen LogP contribution in [0.25, 0.3) is 5.65 Å². The van der Waals surface area contributed by atoms with E-state index in [1.54, 1.807) is 12.4 Å². The van der Waals surface area contributed by atoms with Crippen LogP contribution in [0.1, 0.15) is 6.42 Å². The van der Waals surface area contributed by atoms with Crippen molar-refractivity contribution in [3.63, 3.8) is 0 Å². The molecular weight excluding hydrogens is 220 g/mol. The molecule has 6 nitrogen and oxygen atoms in total. The highest BCUT2D eigenvalue weighted by atomic mass is 16.5. The Morgan fingerprint density at radius 2 is 2.53 bits per heavy atom. The fourth-order valence-electron chi connectivity index (χ4n) is 1.93. The third-order valence-electron chi connectivity index (χ3n) is 2.84. The van der Waals surface area contributed by atoms with E-state index in [2.05, 4.69) is 9.97 Å². The van der Waals surface area contributed by atoms with E-state index in [1.165, 1.54) is 0 Å². The zero-order valence-corrected chi connectivity index (χ0v) is 9.37. The van der Waals surface area contributed by atoms with E-state index in [1.807, 2.05) is 10.6 Å². The normalized spacial score (nSPS) is 19.9. The van der Waals surface area contributed by atoms with E-state index in [-0.39, 0.29) is 0 Å². The molecule has 0 radical (unpaired) electrons. The molecule has 6 heteroatoms. The Bertz CT molecular complexity index is 519. The van der Waals surface area contributed by atoms with Crippen LogP contribution in [0.3, 0.4) is 0 Å². The number of hydrogen-bond donors (Lipinski definition) is 1. The molecule has 0 spiro atoms. The number of anilines is 1. The maximum Gasteiger partial charge on any atom is 0.260 e. The summed E-state index contributed by atoms with van der Waals surface area (Å²) in [5, 5.41) is 0. The molecule has 2 N–H and O–H groups in total. The zero-order valence-electron chi connectivity index (χ0n) is 9.37. The fourth-order valence-corrected chi connectivity index (χ4v) is 1.93. The first-order valence-corrected chi connectivity index (χ1v) is 5.62. The van der Waals surface area contributed by atoms with Gasteiger partial charge in [0.1, 0.15) is 5.82 Å². The number of ether oxygens (including phenoxy) is 2. The smallest absolute Gasteiger partial charge is 0.260 e. The lowest BCUT2D eigenvalue weighted by atomic mass is 10.1. The molecule has 0 aromatic carbocycles. The summed E-state index contributed by atoms with van der Waals surface area (Å²) in [6.45, 7) is 2.17. The van der Waals surface area contributed by atoms with Crippen LogP contribution in [0.15, 0.2) is 18.6 Å². The predicted molar refractivity (Wildman–Crippen MR) is 61.8 cm³/mol. The van der Waals surface area contributed by atoms with Crippen molar-refractivity contribution in [2.45, 2.75) is 6.42 Å². The second-order valence-electron chi connectivity index (χ2n) is 4.17. The first-order chi connectivity index (χ1) is 8.33. The maximum absolute atomic E-state index is 5.70. The molecule has 1 saturated heterocycles. The van der Waals surface area contributed by atoms with Crippen LogP contribution in [-0.4, -0.2) is 34.2 Å². The van der Waals surface area contributed by atoms with Crippen molar-refractivity contribution >= 4 is 11.5 Å². The maximum atomic E-state index is 5.70. The molecule has 1 aliphatic rings. The van der Waals surface area contributed by atoms with Crippen molar-refractivity contribution in [1.29, 1.82) is 0 Å². The molecule has 0 saturated carbocycles. The molecule has 3 rings (SSSR count). The van der Waals surface area contributed by atoms with E-state index >= 15 is 0 Å². The van der Waals surface area contributed by atoms with Gasteiger partial charge in [-0.15, -0.1) is 0 Å². The average molecular weight is 234 g/mol. The summed E-state index contributed by atoms with van der Waals surface area (Å²) < 4.78 is 12.8. The van der Waals surface area contributed by atoms with Gasteiger partial charge in [0.05, 0.1) is 19.4 Å². The van der Waals surface area contributed by atoms with Gasteiger partial charge in [-0.25, -0.2) is 4.98 Å². The Hall–Kier alpha value is -1.82. The molecule has 1 fully saturated rings. The number of nitrogen functional groups attached to an aromatic ring is 1. The van der Waals surface area contributed by atoms with Gasteiger partial charge >= 0.3 is 0 Å². The van der Waals surface area contributed by atoms with E-state index in [0.29, 0.717) is 29.9 Å². The number of hydrogen-bond acceptors (Lipinski definition) is 5. The minimum Gasteiger partial charge on any atom is -0.475 e. The van der Waals surface area contributed by atoms with Crippen molar-refractivity contribution < 1.29 is 9.47 Å². The first kappa shape index (κ1) is 10.3. The monoisotopic (exact) mass is 234 g/mol. The highest BCUT2D eigenvalue weighted by molar-refractivity contribution is 5.52. The van der Waals surface area contributed by atoms with Crippen LogP contribution < -0.4 is 10.5 Å². The second kappa shape index (κ2) is 4.21. The number of fused-ring (bicyclic) bond motifs is 1. The van der Waals surface area contributed by atoms with Crippen molar-refractivity contribution in [3.05, 3.63) is 18.6 Å². The van der Waals surface area contributed by atoms with Crippen molar-refractivity contribution in [3.8, 4) is 5.88 Å². The molecule has 1 unspecified atom stereocenters. The van der Waals surface area contributed by atoms with E-state index in [9.17, 15) is 0 Å². The summed E-state index contributed by atoms with van der Waals surface area (Å²) >= 11 is 0. The molecule has 3 heterocycles. The molecule has 2 aromatic rings. The van der Waals surface area contributed by atoms with Gasteiger partial charge in [0, 0.05) is 24.9 Å². The highest BCUT2D eigenvalue weighted by Crippen LogP contribution is 2.19. The summed E-state index contributed by atoms with van der Waals surface area (Å²) in [5.74, 6) is 1.35. The molecule has 1 atom stereocenters. The van der Waals surface area contributed by atoms with Crippen molar-refractivity contribution in [2.75, 3.05) is 25.6 Å². The molecule has 90 valence electrons. The lowest BCUT2D eigenvalue weighted by Gasteiger charge is -2.10. The van der Waals surface area contributed by atoms with Crippen molar-refractivity contribution in [2.24, 2.45) is 5.92 Å². The summed E-state index contributed by atoms with van der Waals surface area (Å²) in [6.07, 6.45) is 6.27. The van der Waals surface area contributed by atoms with Gasteiger partial charge in [-0.3, -0.25) is 4.40 Å². The van der Waals surface area contributed by atoms with E-state index in [0.717, 1.165) is 19.6 Å². The Morgan fingerprint density at radius 3 is 3.35 bits per heavy atom. The fraction of sp³-hybridized carbons (Fsp3) is 0.455. The first-order valence-electron chi connectivity index (χ1n) is 5.62. The minimum atomic E-state index is 0.424. The molecule has 17 heavy (non-hydrogen) atoms. The number of imidazole rings is 1. The van der Waals surface area contributed by atoms with E-state index in [4.69, 9.17) is 15.2 Å². The van der Waals surface area contributed by atoms with Crippen LogP contribution in [0.4, 0.5) is 5.82 Å². The minimum absolute atomic E-state index is 0.424. The van der Waals surface area contributed by atoms with Crippen molar-refractivity contribution in [1.82, 2.24) is 14.4 Å². The van der Waals surface area contributed by atoms with Gasteiger partial charge in [0.2, 0.25) is 5.65 Å². The van der Waals surface area contributed by atoms with Gasteiger partial charge < -0.3 is 15.2 Å². The number of aromatic nitrogens is 3. The molecule has 2 aromatic heterocycles. The summed E-state index contributed by atoms with van der Waals surface area (Å²) in [5.41, 5.74) is 6.40. The standard InChI is InChI=1S/C11H14N4O2/c12-9-5-15-3-2-13-10(15)11(14-9)17-7-8-1-4-16-6-8/h2-3,5,8H,1,4,6-7,12H2. The Labute approximate surface area is 98.4 Å². The highest BCUT2D eigenvalue weighted by Gasteiger charge is 2.17. The predicted octanol–water partition coefficient (Wildman–Crippen LogP) is 0.727. The van der Waals surface area contributed by atoms with Gasteiger partial charge in [0.15, 0.2) is 0 Å². The van der Waals surface area contributed by atoms with Gasteiger partial charge in [-0.05, 0) is 6.42 Å². The quantitative estimate of drug-likeness (QED) is 0.847. The Morgan fingerprint density at radius 1 is 1.59 bits per heavy atom. The number of rotatable bonds is 3. The van der Waals surface area contributed by atoms with E-state index < -0.39 is 0 Å². The summed E-state index contributed by atoms with van der Waals surface area (Å²) in [4.78, 5) is 8.36. The lowest BCUT2D eigenvalue weighted by molar-refractivity contribution is 0.166. The number of nitrogens with two attached hydrogens (primary N) is 1. The molecule has 0 amide bonds. The topological polar surface area (TPSA) is 74.7 Å². The Balaban J connectivity index is 1.81. The van der Waals surface area contributed by atoms with Crippen LogP contribution in [0.5, 0.6) is 5.88 Å². The SMILES string of the molecule is Nc1cn2ccnc2c(OCC2CCOC2)n1. The van der Waals surface area contributed by atoms with Crippen LogP contribution in [0, 0.1) is 5.92 Å². The third kappa shape index (κ3) is 2.03. The van der Waals surface area contributed by atoms with Gasteiger partial charge in [-0.1, -0.05) is 0 Å². The van der Waals surface area contributed by atoms with Crippen LogP contribution in [0.2, 0.25) is 0 Å². The molecular formula is C11H14N4O2. The molecule has 1 aliphatic heterocycles. The van der Waals surface area contributed by atoms with Crippen LogP contribution in [-0.2, 0) is 4.74 Å². The average Bonchev–Trinajstić information content (AvgIpc) is 2.95. The molecule has 0 bridgehead atoms. The molecule has 0 aliphatic carbocycles. The summed E-state index contributed by atoms with van der Waals surface area (Å²) in [7, 11) is 0. The Kier molecular flexibility index (Phi) is 2.56. The third-order valence-corrected chi connectivity index (χ3v) is 2.84.